The van der Waals surface area contributed by atoms with E-state index in [0.717, 1.165) is 5.39 Å². The molecule has 0 saturated heterocycles. The van der Waals surface area contributed by atoms with Crippen LogP contribution in [0, 0.1) is 3.88 Å². The molecule has 0 unspecified atom stereocenters. The van der Waals surface area contributed by atoms with Gasteiger partial charge in [-0.15, -0.1) is 0 Å². The molecule has 3 nitrogen and oxygen atoms in total. The van der Waals surface area contributed by atoms with Gasteiger partial charge in [0.15, 0.2) is 0 Å². The Morgan fingerprint density at radius 3 is 2.25 bits per heavy atom. The molecule has 1 heterocycles. The summed E-state index contributed by atoms with van der Waals surface area (Å²) in [6.45, 7) is 0. The number of hydrogen-bond acceptors (Lipinski definition) is 3. The van der Waals surface area contributed by atoms with E-state index in [1.54, 1.807) is 18.3 Å². The molecule has 0 aliphatic rings. The van der Waals surface area contributed by atoms with Crippen molar-refractivity contribution in [2.75, 3.05) is 0 Å². The molecule has 0 fully saturated rings. The van der Waals surface area contributed by atoms with Crippen LogP contribution in [-0.2, 0) is 11.7 Å². The summed E-state index contributed by atoms with van der Waals surface area (Å²) in [5.41, 5.74) is 0.662. The second-order valence-corrected chi connectivity index (χ2v) is 17.9. The molecular formula is C9H7Cl3N2OOs. The number of aromatic nitrogens is 1. The van der Waals surface area contributed by atoms with Gasteiger partial charge in [0.2, 0.25) is 0 Å². The molecule has 0 amide bonds. The van der Waals surface area contributed by atoms with E-state index in [0.29, 0.717) is 5.52 Å². The molecule has 0 bridgehead atoms. The first-order valence-electron chi connectivity index (χ1n) is 3.96. The van der Waals surface area contributed by atoms with Gasteiger partial charge >= 0.3 is 44.5 Å². The van der Waals surface area contributed by atoms with Gasteiger partial charge < -0.3 is 5.11 Å². The number of hydrogen-bond donors (Lipinski definition) is 1. The van der Waals surface area contributed by atoms with Gasteiger partial charge in [-0.1, -0.05) is 18.2 Å². The van der Waals surface area contributed by atoms with Crippen LogP contribution in [0.25, 0.3) is 10.9 Å². The van der Waals surface area contributed by atoms with Crippen LogP contribution in [0.15, 0.2) is 36.5 Å². The van der Waals surface area contributed by atoms with E-state index in [1.807, 2.05) is 18.2 Å². The molecule has 88 valence electrons. The van der Waals surface area contributed by atoms with Gasteiger partial charge in [-0.3, -0.25) is 4.98 Å². The number of para-hydroxylation sites is 1. The maximum atomic E-state index is 9.31. The van der Waals surface area contributed by atoms with Gasteiger partial charge in [-0.05, 0) is 12.1 Å². The van der Waals surface area contributed by atoms with Crippen LogP contribution in [0.1, 0.15) is 0 Å². The first kappa shape index (κ1) is 13.7. The molecule has 0 radical (unpaired) electrons. The fraction of sp³-hybridized carbons (Fsp3) is 0. The summed E-state index contributed by atoms with van der Waals surface area (Å²) < 4.78 is 8.01. The summed E-state index contributed by atoms with van der Waals surface area (Å²) in [7, 11) is 14.4. The van der Waals surface area contributed by atoms with Crippen LogP contribution in [0.2, 0.25) is 0 Å². The summed E-state index contributed by atoms with van der Waals surface area (Å²) in [6.07, 6.45) is 1.67. The fourth-order valence-corrected chi connectivity index (χ4v) is 1.09. The van der Waals surface area contributed by atoms with Gasteiger partial charge in [-0.2, -0.15) is 0 Å². The minimum atomic E-state index is -3.64. The number of phenols is 1. The van der Waals surface area contributed by atoms with Crippen molar-refractivity contribution in [2.45, 2.75) is 0 Å². The van der Waals surface area contributed by atoms with Crippen molar-refractivity contribution in [2.24, 2.45) is 0 Å². The third-order valence-electron chi connectivity index (χ3n) is 1.61. The summed E-state index contributed by atoms with van der Waals surface area (Å²) in [4.78, 5) is 4.03. The van der Waals surface area contributed by atoms with Gasteiger partial charge in [0.05, 0.1) is 0 Å². The molecule has 1 aromatic carbocycles. The van der Waals surface area contributed by atoms with Gasteiger partial charge in [0, 0.05) is 11.6 Å². The molecule has 0 spiro atoms. The number of aromatic hydroxyl groups is 1. The molecule has 0 aliphatic carbocycles. The van der Waals surface area contributed by atoms with Crippen molar-refractivity contribution in [3.8, 4) is 5.75 Å². The van der Waals surface area contributed by atoms with Crippen LogP contribution in [0.5, 0.6) is 5.75 Å². The predicted octanol–water partition coefficient (Wildman–Crippen LogP) is 4.02. The zero-order chi connectivity index (χ0) is 12.2. The van der Waals surface area contributed by atoms with Crippen LogP contribution in [0.3, 0.4) is 0 Å². The van der Waals surface area contributed by atoms with E-state index in [4.69, 9.17) is 32.8 Å². The SMILES string of the molecule is Oc1cccc2cccnc12.[N]#[Os]([Cl])([Cl])[Cl]. The fourth-order valence-electron chi connectivity index (χ4n) is 1.09. The van der Waals surface area contributed by atoms with Gasteiger partial charge in [-0.25, -0.2) is 0 Å². The number of nitrogens with zero attached hydrogens (tertiary/aromatic N) is 2. The van der Waals surface area contributed by atoms with E-state index in [-0.39, 0.29) is 5.75 Å². The monoisotopic (exact) mass is 456 g/mol. The molecule has 0 aliphatic heterocycles. The Morgan fingerprint density at radius 1 is 1.12 bits per heavy atom. The normalized spacial score (nSPS) is 11.6. The number of fused-ring (bicyclic) bond motifs is 1. The summed E-state index contributed by atoms with van der Waals surface area (Å²) in [6, 6.07) is 9.13. The molecule has 16 heavy (non-hydrogen) atoms. The van der Waals surface area contributed by atoms with Crippen LogP contribution >= 0.6 is 28.9 Å². The Labute approximate surface area is 107 Å². The third-order valence-corrected chi connectivity index (χ3v) is 1.61. The predicted molar refractivity (Wildman–Crippen MR) is 62.7 cm³/mol. The average Bonchev–Trinajstić information content (AvgIpc) is 2.16. The molecule has 7 heteroatoms. The molecule has 1 N–H and O–H groups in total. The van der Waals surface area contributed by atoms with E-state index in [1.165, 1.54) is 0 Å². The maximum absolute atomic E-state index is 9.31. The second kappa shape index (κ2) is 5.82. The molecule has 2 rings (SSSR count). The Kier molecular flexibility index (Phi) is 4.99. The zero-order valence-corrected chi connectivity index (χ0v) is 12.6. The van der Waals surface area contributed by atoms with E-state index in [2.05, 4.69) is 4.98 Å². The summed E-state index contributed by atoms with van der Waals surface area (Å²) in [5.74, 6) is 0.239. The molecule has 2 aromatic rings. The van der Waals surface area contributed by atoms with Gasteiger partial charge in [0.1, 0.15) is 11.3 Å². The van der Waals surface area contributed by atoms with Crippen molar-refractivity contribution in [1.29, 1.82) is 3.88 Å². The van der Waals surface area contributed by atoms with Gasteiger partial charge in [0.25, 0.3) is 0 Å². The third kappa shape index (κ3) is 5.12. The Bertz CT molecular complexity index is 569. The number of rotatable bonds is 0. The molecule has 1 aromatic heterocycles. The Balaban J connectivity index is 0.000000221. The van der Waals surface area contributed by atoms with E-state index < -0.39 is 11.7 Å². The first-order chi connectivity index (χ1) is 7.38. The van der Waals surface area contributed by atoms with Crippen molar-refractivity contribution >= 4 is 39.8 Å². The molecular weight excluding hydrogens is 449 g/mol. The number of phenolic OH excluding ortho intramolecular Hbond substituents is 1. The average molecular weight is 456 g/mol. The topological polar surface area (TPSA) is 56.9 Å². The molecule has 0 atom stereocenters. The summed E-state index contributed by atoms with van der Waals surface area (Å²) in [5, 5.41) is 10.3. The number of benzene rings is 1. The molecule has 0 saturated carbocycles. The van der Waals surface area contributed by atoms with Crippen molar-refractivity contribution in [1.82, 2.24) is 4.98 Å². The van der Waals surface area contributed by atoms with E-state index in [9.17, 15) is 5.11 Å². The Morgan fingerprint density at radius 2 is 1.69 bits per heavy atom. The number of halogens is 3. The van der Waals surface area contributed by atoms with Crippen molar-refractivity contribution in [3.63, 3.8) is 0 Å². The Hall–Kier alpha value is -0.354. The summed E-state index contributed by atoms with van der Waals surface area (Å²) >= 11 is -3.64. The van der Waals surface area contributed by atoms with Crippen LogP contribution < -0.4 is 0 Å². The second-order valence-electron chi connectivity index (χ2n) is 2.68. The van der Waals surface area contributed by atoms with Crippen molar-refractivity contribution < 1.29 is 16.8 Å². The first-order valence-corrected chi connectivity index (χ1v) is 14.5. The van der Waals surface area contributed by atoms with Crippen LogP contribution in [0.4, 0.5) is 0 Å². The van der Waals surface area contributed by atoms with E-state index >= 15 is 0 Å². The quantitative estimate of drug-likeness (QED) is 0.653. The standard InChI is InChI=1S/C9H7NO.3ClH.N.Os/c11-8-5-1-3-7-4-2-6-10-9(7)8;;;;;/h1-6,11H;3*1H;;/q;;;;;+3/p-3. The minimum absolute atomic E-state index is 0.239. The number of pyridine rings is 1. The van der Waals surface area contributed by atoms with Crippen LogP contribution in [-0.4, -0.2) is 10.1 Å². The van der Waals surface area contributed by atoms with Crippen molar-refractivity contribution in [3.05, 3.63) is 36.5 Å². The zero-order valence-electron chi connectivity index (χ0n) is 7.79.